The molecule has 36 heavy (non-hydrogen) atoms. The van der Waals surface area contributed by atoms with Crippen LogP contribution in [0, 0.1) is 17.2 Å². The highest BCUT2D eigenvalue weighted by molar-refractivity contribution is 5.51. The minimum Gasteiger partial charge on any atom is -0.494 e. The van der Waals surface area contributed by atoms with Gasteiger partial charge < -0.3 is 29.4 Å². The number of fused-ring (bicyclic) bond motifs is 1. The SMILES string of the molecule is CCOc1ccc(C2NNC3OC(N)=C(C#N)C(c4ccc(OCC)c(OCC)c4)C32)c(OCC)c1. The van der Waals surface area contributed by atoms with Crippen molar-refractivity contribution in [2.24, 2.45) is 11.7 Å². The largest absolute Gasteiger partial charge is 0.494 e. The minimum absolute atomic E-state index is 0.113. The van der Waals surface area contributed by atoms with E-state index in [1.54, 1.807) is 0 Å². The predicted octanol–water partition coefficient (Wildman–Crippen LogP) is 3.88. The van der Waals surface area contributed by atoms with Gasteiger partial charge in [-0.15, -0.1) is 0 Å². The summed E-state index contributed by atoms with van der Waals surface area (Å²) in [5.41, 5.74) is 15.0. The van der Waals surface area contributed by atoms with Crippen LogP contribution < -0.4 is 35.5 Å². The molecule has 2 aliphatic rings. The number of hydrogen-bond donors (Lipinski definition) is 3. The number of nitrogens with two attached hydrogens (primary N) is 1. The Morgan fingerprint density at radius 2 is 1.56 bits per heavy atom. The van der Waals surface area contributed by atoms with E-state index in [-0.39, 0.29) is 23.8 Å². The van der Waals surface area contributed by atoms with Crippen LogP contribution in [0.4, 0.5) is 0 Å². The van der Waals surface area contributed by atoms with E-state index in [0.29, 0.717) is 49.2 Å². The van der Waals surface area contributed by atoms with E-state index in [0.717, 1.165) is 16.9 Å². The van der Waals surface area contributed by atoms with Crippen LogP contribution in [0.5, 0.6) is 23.0 Å². The van der Waals surface area contributed by atoms with Crippen molar-refractivity contribution in [3.63, 3.8) is 0 Å². The van der Waals surface area contributed by atoms with Crippen molar-refractivity contribution in [2.45, 2.75) is 45.9 Å². The van der Waals surface area contributed by atoms with Gasteiger partial charge in [0.05, 0.1) is 38.0 Å². The van der Waals surface area contributed by atoms with E-state index < -0.39 is 6.23 Å². The van der Waals surface area contributed by atoms with Crippen LogP contribution in [0.1, 0.15) is 50.8 Å². The van der Waals surface area contributed by atoms with Gasteiger partial charge in [0, 0.05) is 23.5 Å². The van der Waals surface area contributed by atoms with Gasteiger partial charge in [-0.1, -0.05) is 12.1 Å². The van der Waals surface area contributed by atoms with Crippen molar-refractivity contribution in [2.75, 3.05) is 26.4 Å². The summed E-state index contributed by atoms with van der Waals surface area (Å²) >= 11 is 0. The van der Waals surface area contributed by atoms with Gasteiger partial charge in [-0.2, -0.15) is 5.26 Å². The lowest BCUT2D eigenvalue weighted by molar-refractivity contribution is 0.0339. The first-order valence-corrected chi connectivity index (χ1v) is 12.4. The molecule has 4 atom stereocenters. The van der Waals surface area contributed by atoms with Crippen molar-refractivity contribution < 1.29 is 23.7 Å². The molecule has 4 N–H and O–H groups in total. The summed E-state index contributed by atoms with van der Waals surface area (Å²) in [6, 6.07) is 13.6. The highest BCUT2D eigenvalue weighted by Crippen LogP contribution is 2.50. The molecule has 9 heteroatoms. The molecule has 2 heterocycles. The summed E-state index contributed by atoms with van der Waals surface area (Å²) in [6.45, 7) is 9.81. The van der Waals surface area contributed by atoms with Crippen LogP contribution in [0.25, 0.3) is 0 Å². The monoisotopic (exact) mass is 494 g/mol. The number of nitriles is 1. The van der Waals surface area contributed by atoms with Gasteiger partial charge in [-0.05, 0) is 51.5 Å². The zero-order chi connectivity index (χ0) is 25.7. The van der Waals surface area contributed by atoms with E-state index in [1.165, 1.54) is 0 Å². The maximum Gasteiger partial charge on any atom is 0.200 e. The first-order valence-electron chi connectivity index (χ1n) is 12.4. The Kier molecular flexibility index (Phi) is 8.08. The molecule has 1 fully saturated rings. The standard InChI is InChI=1S/C27H34N4O5/c1-5-32-17-10-11-18(21(14-17)34-7-3)25-24-23(19(15-28)26(29)36-27(24)31-30-25)16-9-12-20(33-6-2)22(13-16)35-8-4/h9-14,23-25,27,30-31H,5-8,29H2,1-4H3. The van der Waals surface area contributed by atoms with Crippen molar-refractivity contribution in [1.82, 2.24) is 10.9 Å². The van der Waals surface area contributed by atoms with Crippen molar-refractivity contribution in [3.8, 4) is 29.1 Å². The molecule has 0 radical (unpaired) electrons. The summed E-state index contributed by atoms with van der Waals surface area (Å²) in [7, 11) is 0. The number of hydrazine groups is 1. The molecule has 2 aliphatic heterocycles. The fourth-order valence-electron chi connectivity index (χ4n) is 4.93. The number of hydrogen-bond acceptors (Lipinski definition) is 9. The Bertz CT molecular complexity index is 1150. The number of benzene rings is 2. The molecule has 2 aromatic carbocycles. The Balaban J connectivity index is 1.81. The highest BCUT2D eigenvalue weighted by atomic mass is 16.5. The maximum absolute atomic E-state index is 10.1. The van der Waals surface area contributed by atoms with E-state index in [9.17, 15) is 5.26 Å². The Morgan fingerprint density at radius 3 is 2.25 bits per heavy atom. The molecule has 192 valence electrons. The molecule has 0 aliphatic carbocycles. The predicted molar refractivity (Wildman–Crippen MR) is 135 cm³/mol. The second kappa shape index (κ2) is 11.4. The van der Waals surface area contributed by atoms with Gasteiger partial charge in [0.15, 0.2) is 17.7 Å². The average molecular weight is 495 g/mol. The molecule has 0 bridgehead atoms. The summed E-state index contributed by atoms with van der Waals surface area (Å²) in [5.74, 6) is 2.27. The smallest absolute Gasteiger partial charge is 0.200 e. The minimum atomic E-state index is -0.458. The quantitative estimate of drug-likeness (QED) is 0.452. The number of rotatable bonds is 10. The lowest BCUT2D eigenvalue weighted by atomic mass is 9.74. The molecule has 4 rings (SSSR count). The summed E-state index contributed by atoms with van der Waals surface area (Å²) < 4.78 is 29.3. The lowest BCUT2D eigenvalue weighted by Crippen LogP contribution is -2.41. The number of allylic oxidation sites excluding steroid dienone is 1. The third-order valence-electron chi connectivity index (χ3n) is 6.31. The first kappa shape index (κ1) is 25.5. The van der Waals surface area contributed by atoms with Gasteiger partial charge in [0.25, 0.3) is 0 Å². The van der Waals surface area contributed by atoms with Crippen molar-refractivity contribution in [1.29, 1.82) is 5.26 Å². The topological polar surface area (TPSA) is 120 Å². The van der Waals surface area contributed by atoms with Crippen LogP contribution in [0.15, 0.2) is 47.9 Å². The fraction of sp³-hybridized carbons (Fsp3) is 0.444. The Labute approximate surface area is 212 Å². The Hall–Kier alpha value is -3.61. The summed E-state index contributed by atoms with van der Waals surface area (Å²) in [5, 5.41) is 10.1. The van der Waals surface area contributed by atoms with Crippen LogP contribution in [-0.2, 0) is 4.74 Å². The molecular weight excluding hydrogens is 460 g/mol. The Morgan fingerprint density at radius 1 is 0.861 bits per heavy atom. The van der Waals surface area contributed by atoms with Gasteiger partial charge in [-0.3, -0.25) is 0 Å². The van der Waals surface area contributed by atoms with Gasteiger partial charge in [0.1, 0.15) is 17.6 Å². The van der Waals surface area contributed by atoms with Crippen LogP contribution in [0.3, 0.4) is 0 Å². The van der Waals surface area contributed by atoms with E-state index >= 15 is 0 Å². The fourth-order valence-corrected chi connectivity index (χ4v) is 4.93. The van der Waals surface area contributed by atoms with E-state index in [4.69, 9.17) is 29.4 Å². The molecule has 0 amide bonds. The van der Waals surface area contributed by atoms with Gasteiger partial charge >= 0.3 is 0 Å². The molecule has 9 nitrogen and oxygen atoms in total. The molecule has 4 unspecified atom stereocenters. The van der Waals surface area contributed by atoms with Crippen molar-refractivity contribution in [3.05, 3.63) is 59.0 Å². The van der Waals surface area contributed by atoms with E-state index in [2.05, 4.69) is 16.9 Å². The first-order chi connectivity index (χ1) is 17.6. The van der Waals surface area contributed by atoms with Crippen LogP contribution in [0.2, 0.25) is 0 Å². The maximum atomic E-state index is 10.1. The molecule has 0 saturated carbocycles. The zero-order valence-electron chi connectivity index (χ0n) is 21.2. The van der Waals surface area contributed by atoms with Gasteiger partial charge in [0.2, 0.25) is 5.88 Å². The molecule has 0 aromatic heterocycles. The summed E-state index contributed by atoms with van der Waals surface area (Å²) in [4.78, 5) is 0. The van der Waals surface area contributed by atoms with Crippen molar-refractivity contribution >= 4 is 0 Å². The third kappa shape index (κ3) is 4.87. The third-order valence-corrected chi connectivity index (χ3v) is 6.31. The lowest BCUT2D eigenvalue weighted by Gasteiger charge is -2.36. The van der Waals surface area contributed by atoms with E-state index in [1.807, 2.05) is 64.1 Å². The highest BCUT2D eigenvalue weighted by Gasteiger charge is 2.50. The number of nitrogens with zero attached hydrogens (tertiary/aromatic N) is 1. The second-order valence-corrected chi connectivity index (χ2v) is 8.39. The average Bonchev–Trinajstić information content (AvgIpc) is 3.28. The molecule has 1 saturated heterocycles. The van der Waals surface area contributed by atoms with Gasteiger partial charge in [-0.25, -0.2) is 10.9 Å². The van der Waals surface area contributed by atoms with Crippen LogP contribution in [-0.4, -0.2) is 32.7 Å². The number of nitrogens with one attached hydrogen (secondary N) is 2. The van der Waals surface area contributed by atoms with Crippen LogP contribution >= 0.6 is 0 Å². The molecular formula is C27H34N4O5. The summed E-state index contributed by atoms with van der Waals surface area (Å²) in [6.07, 6.45) is -0.458. The normalized spacial score (nSPS) is 22.9. The molecule has 2 aromatic rings. The zero-order valence-corrected chi connectivity index (χ0v) is 21.2. The number of ether oxygens (including phenoxy) is 5. The molecule has 0 spiro atoms. The second-order valence-electron chi connectivity index (χ2n) is 8.39.